The second kappa shape index (κ2) is 5.14. The van der Waals surface area contributed by atoms with Crippen molar-refractivity contribution in [3.8, 4) is 0 Å². The van der Waals surface area contributed by atoms with Crippen LogP contribution < -0.4 is 10.7 Å². The van der Waals surface area contributed by atoms with Crippen LogP contribution in [0.2, 0.25) is 0 Å². The molecule has 1 aromatic carbocycles. The van der Waals surface area contributed by atoms with E-state index in [1.807, 2.05) is 26.0 Å². The van der Waals surface area contributed by atoms with Gasteiger partial charge in [-0.1, -0.05) is 12.1 Å². The van der Waals surface area contributed by atoms with Gasteiger partial charge >= 0.3 is 0 Å². The maximum absolute atomic E-state index is 12.7. The standard InChI is InChI=1S/C16H16N4O2/c1-16(2)18-13-6-4-3-5-12(13)15(22)20(16)19-14(21)11-7-9-17-10-8-11/h3-10,18H,1-2H3,(H,19,21). The largest absolute Gasteiger partial charge is 0.361 e. The highest BCUT2D eigenvalue weighted by molar-refractivity contribution is 6.04. The molecule has 6 nitrogen and oxygen atoms in total. The van der Waals surface area contributed by atoms with E-state index in [2.05, 4.69) is 15.7 Å². The third-order valence-electron chi connectivity index (χ3n) is 3.52. The van der Waals surface area contributed by atoms with E-state index in [4.69, 9.17) is 0 Å². The molecule has 0 spiro atoms. The van der Waals surface area contributed by atoms with Gasteiger partial charge in [-0.2, -0.15) is 0 Å². The lowest BCUT2D eigenvalue weighted by molar-refractivity contribution is 0.0355. The number of pyridine rings is 1. The molecule has 0 saturated heterocycles. The number of hydrogen-bond acceptors (Lipinski definition) is 4. The van der Waals surface area contributed by atoms with Crippen LogP contribution in [-0.4, -0.2) is 27.5 Å². The molecule has 0 atom stereocenters. The minimum atomic E-state index is -0.742. The van der Waals surface area contributed by atoms with E-state index >= 15 is 0 Å². The Bertz CT molecular complexity index is 728. The molecule has 3 rings (SSSR count). The second-order valence-corrected chi connectivity index (χ2v) is 5.55. The number of amides is 2. The minimum absolute atomic E-state index is 0.248. The Hall–Kier alpha value is -2.89. The van der Waals surface area contributed by atoms with Gasteiger partial charge in [0.05, 0.1) is 5.56 Å². The second-order valence-electron chi connectivity index (χ2n) is 5.55. The summed E-state index contributed by atoms with van der Waals surface area (Å²) in [5.41, 5.74) is 3.65. The van der Waals surface area contributed by atoms with Crippen molar-refractivity contribution in [2.24, 2.45) is 0 Å². The predicted molar refractivity (Wildman–Crippen MR) is 82.0 cm³/mol. The molecule has 0 saturated carbocycles. The van der Waals surface area contributed by atoms with Crippen molar-refractivity contribution >= 4 is 17.5 Å². The number of rotatable bonds is 2. The monoisotopic (exact) mass is 296 g/mol. The number of hydrogen-bond donors (Lipinski definition) is 2. The zero-order valence-electron chi connectivity index (χ0n) is 12.3. The molecule has 2 N–H and O–H groups in total. The number of carbonyl (C=O) groups is 2. The zero-order valence-corrected chi connectivity index (χ0v) is 12.3. The number of fused-ring (bicyclic) bond motifs is 1. The van der Waals surface area contributed by atoms with Crippen molar-refractivity contribution in [3.63, 3.8) is 0 Å². The molecule has 1 aliphatic rings. The Labute approximate surface area is 128 Å². The number of aromatic nitrogens is 1. The molecule has 0 radical (unpaired) electrons. The number of nitrogens with zero attached hydrogens (tertiary/aromatic N) is 2. The van der Waals surface area contributed by atoms with Crippen LogP contribution in [0.5, 0.6) is 0 Å². The van der Waals surface area contributed by atoms with Crippen LogP contribution in [0.1, 0.15) is 34.6 Å². The highest BCUT2D eigenvalue weighted by Crippen LogP contribution is 2.29. The minimum Gasteiger partial charge on any atom is -0.361 e. The summed E-state index contributed by atoms with van der Waals surface area (Å²) in [7, 11) is 0. The van der Waals surface area contributed by atoms with Crippen LogP contribution in [-0.2, 0) is 0 Å². The Balaban J connectivity index is 1.90. The van der Waals surface area contributed by atoms with Gasteiger partial charge < -0.3 is 5.32 Å². The number of carbonyl (C=O) groups excluding carboxylic acids is 2. The van der Waals surface area contributed by atoms with Crippen LogP contribution >= 0.6 is 0 Å². The highest BCUT2D eigenvalue weighted by Gasteiger charge is 2.38. The summed E-state index contributed by atoms with van der Waals surface area (Å²) in [6.45, 7) is 3.65. The quantitative estimate of drug-likeness (QED) is 0.889. The van der Waals surface area contributed by atoms with E-state index in [-0.39, 0.29) is 11.8 Å². The Morgan fingerprint density at radius 1 is 1.18 bits per heavy atom. The molecule has 0 unspecified atom stereocenters. The number of para-hydroxylation sites is 1. The molecule has 0 fully saturated rings. The van der Waals surface area contributed by atoms with Gasteiger partial charge in [-0.05, 0) is 38.1 Å². The smallest absolute Gasteiger partial charge is 0.276 e. The van der Waals surface area contributed by atoms with Gasteiger partial charge in [0.2, 0.25) is 0 Å². The molecule has 1 aromatic heterocycles. The molecular weight excluding hydrogens is 280 g/mol. The van der Waals surface area contributed by atoms with E-state index in [1.54, 1.807) is 24.3 Å². The SMILES string of the molecule is CC1(C)Nc2ccccc2C(=O)N1NC(=O)c1ccncc1. The average Bonchev–Trinajstić information content (AvgIpc) is 2.51. The fraction of sp³-hybridized carbons (Fsp3) is 0.188. The number of benzene rings is 1. The van der Waals surface area contributed by atoms with Crippen LogP contribution in [0.15, 0.2) is 48.8 Å². The molecule has 1 aliphatic heterocycles. The third-order valence-corrected chi connectivity index (χ3v) is 3.52. The number of anilines is 1. The van der Waals surface area contributed by atoms with Crippen molar-refractivity contribution in [2.45, 2.75) is 19.5 Å². The molecule has 2 aromatic rings. The van der Waals surface area contributed by atoms with Gasteiger partial charge in [0, 0.05) is 23.6 Å². The van der Waals surface area contributed by atoms with Gasteiger partial charge in [-0.15, -0.1) is 0 Å². The van der Waals surface area contributed by atoms with Crippen molar-refractivity contribution in [1.29, 1.82) is 0 Å². The Morgan fingerprint density at radius 3 is 2.59 bits per heavy atom. The van der Waals surface area contributed by atoms with E-state index in [0.29, 0.717) is 11.1 Å². The summed E-state index contributed by atoms with van der Waals surface area (Å²) in [6, 6.07) is 10.4. The third kappa shape index (κ3) is 2.39. The summed E-state index contributed by atoms with van der Waals surface area (Å²) in [5, 5.41) is 4.57. The molecule has 2 amide bonds. The summed E-state index contributed by atoms with van der Waals surface area (Å²) >= 11 is 0. The van der Waals surface area contributed by atoms with Gasteiger partial charge in [-0.3, -0.25) is 20.0 Å². The lowest BCUT2D eigenvalue weighted by Gasteiger charge is -2.43. The number of hydrazine groups is 1. The summed E-state index contributed by atoms with van der Waals surface area (Å²) < 4.78 is 0. The normalized spacial score (nSPS) is 15.7. The van der Waals surface area contributed by atoms with E-state index in [0.717, 1.165) is 5.69 Å². The van der Waals surface area contributed by atoms with Crippen LogP contribution in [0, 0.1) is 0 Å². The lowest BCUT2D eigenvalue weighted by Crippen LogP contribution is -2.63. The maximum atomic E-state index is 12.7. The summed E-state index contributed by atoms with van der Waals surface area (Å²) in [5.74, 6) is -0.605. The molecule has 22 heavy (non-hydrogen) atoms. The van der Waals surface area contributed by atoms with Crippen molar-refractivity contribution < 1.29 is 9.59 Å². The molecule has 2 heterocycles. The van der Waals surface area contributed by atoms with Crippen molar-refractivity contribution in [1.82, 2.24) is 15.4 Å². The van der Waals surface area contributed by atoms with E-state index in [9.17, 15) is 9.59 Å². The van der Waals surface area contributed by atoms with Gasteiger partial charge in [0.15, 0.2) is 0 Å². The maximum Gasteiger partial charge on any atom is 0.276 e. The van der Waals surface area contributed by atoms with Crippen LogP contribution in [0.3, 0.4) is 0 Å². The highest BCUT2D eigenvalue weighted by atomic mass is 16.2. The molecule has 112 valence electrons. The fourth-order valence-corrected chi connectivity index (χ4v) is 2.40. The lowest BCUT2D eigenvalue weighted by atomic mass is 10.0. The topological polar surface area (TPSA) is 74.3 Å². The first-order valence-corrected chi connectivity index (χ1v) is 6.92. The van der Waals surface area contributed by atoms with Crippen molar-refractivity contribution in [3.05, 3.63) is 59.9 Å². The zero-order chi connectivity index (χ0) is 15.7. The first kappa shape index (κ1) is 14.1. The summed E-state index contributed by atoms with van der Waals surface area (Å²) in [6.07, 6.45) is 3.07. The van der Waals surface area contributed by atoms with Gasteiger partial charge in [0.1, 0.15) is 5.66 Å². The van der Waals surface area contributed by atoms with Crippen LogP contribution in [0.4, 0.5) is 5.69 Å². The first-order valence-electron chi connectivity index (χ1n) is 6.92. The Morgan fingerprint density at radius 2 is 1.86 bits per heavy atom. The first-order chi connectivity index (χ1) is 10.5. The molecule has 6 heteroatoms. The molecule has 0 aliphatic carbocycles. The number of nitrogens with one attached hydrogen (secondary N) is 2. The molecular formula is C16H16N4O2. The fourth-order valence-electron chi connectivity index (χ4n) is 2.40. The Kier molecular flexibility index (Phi) is 3.29. The van der Waals surface area contributed by atoms with Crippen molar-refractivity contribution in [2.75, 3.05) is 5.32 Å². The van der Waals surface area contributed by atoms with Gasteiger partial charge in [0.25, 0.3) is 11.8 Å². The van der Waals surface area contributed by atoms with Gasteiger partial charge in [-0.25, -0.2) is 5.01 Å². The predicted octanol–water partition coefficient (Wildman–Crippen LogP) is 2.03. The van der Waals surface area contributed by atoms with E-state index < -0.39 is 5.66 Å². The van der Waals surface area contributed by atoms with E-state index in [1.165, 1.54) is 17.4 Å². The average molecular weight is 296 g/mol. The van der Waals surface area contributed by atoms with Crippen LogP contribution in [0.25, 0.3) is 0 Å². The molecule has 0 bridgehead atoms. The summed E-state index contributed by atoms with van der Waals surface area (Å²) in [4.78, 5) is 28.8.